The van der Waals surface area contributed by atoms with Crippen molar-refractivity contribution in [1.82, 2.24) is 15.0 Å². The first kappa shape index (κ1) is 11.4. The summed E-state index contributed by atoms with van der Waals surface area (Å²) in [7, 11) is 1.58. The van der Waals surface area contributed by atoms with Gasteiger partial charge < -0.3 is 4.74 Å². The molecule has 0 spiro atoms. The van der Waals surface area contributed by atoms with E-state index in [1.54, 1.807) is 13.3 Å². The molecule has 3 heterocycles. The molecule has 0 unspecified atom stereocenters. The maximum Gasteiger partial charge on any atom is 0.224 e. The Bertz CT molecular complexity index is 713. The number of halogens is 1. The molecule has 4 nitrogen and oxygen atoms in total. The number of pyridine rings is 1. The number of aromatic nitrogens is 3. The van der Waals surface area contributed by atoms with Crippen molar-refractivity contribution >= 4 is 33.2 Å². The summed E-state index contributed by atoms with van der Waals surface area (Å²) in [5.41, 5.74) is 1.71. The Morgan fingerprint density at radius 3 is 3.00 bits per heavy atom. The molecule has 90 valence electrons. The number of hydrogen-bond acceptors (Lipinski definition) is 5. The largest absolute Gasteiger partial charge is 0.481 e. The third-order valence-electron chi connectivity index (χ3n) is 2.52. The summed E-state index contributed by atoms with van der Waals surface area (Å²) in [6, 6.07) is 5.69. The van der Waals surface area contributed by atoms with Gasteiger partial charge in [0.2, 0.25) is 11.2 Å². The summed E-state index contributed by atoms with van der Waals surface area (Å²) < 4.78 is 5.12. The van der Waals surface area contributed by atoms with Gasteiger partial charge in [-0.1, -0.05) is 0 Å². The van der Waals surface area contributed by atoms with Crippen LogP contribution in [0.15, 0.2) is 29.8 Å². The van der Waals surface area contributed by atoms with Crippen molar-refractivity contribution in [2.45, 2.75) is 0 Å². The first-order chi connectivity index (χ1) is 8.78. The van der Waals surface area contributed by atoms with Gasteiger partial charge in [-0.3, -0.25) is 0 Å². The van der Waals surface area contributed by atoms with Gasteiger partial charge >= 0.3 is 0 Å². The number of thiophene rings is 1. The van der Waals surface area contributed by atoms with Crippen molar-refractivity contribution in [2.75, 3.05) is 7.11 Å². The quantitative estimate of drug-likeness (QED) is 0.674. The van der Waals surface area contributed by atoms with Crippen LogP contribution in [0.1, 0.15) is 0 Å². The van der Waals surface area contributed by atoms with Crippen LogP contribution in [0, 0.1) is 0 Å². The van der Waals surface area contributed by atoms with E-state index in [0.29, 0.717) is 5.88 Å². The van der Waals surface area contributed by atoms with E-state index >= 15 is 0 Å². The fraction of sp³-hybridized carbons (Fsp3) is 0.0833. The van der Waals surface area contributed by atoms with Gasteiger partial charge in [0.05, 0.1) is 12.8 Å². The van der Waals surface area contributed by atoms with Crippen LogP contribution in [-0.2, 0) is 0 Å². The standard InChI is InChI=1S/C12H8ClN3OS/c1-17-9-6-7(2-4-14-9)10-8-3-5-18-11(8)16-12(13)15-10/h2-6H,1H3. The third-order valence-corrected chi connectivity index (χ3v) is 3.49. The van der Waals surface area contributed by atoms with Gasteiger partial charge in [-0.05, 0) is 29.1 Å². The number of fused-ring (bicyclic) bond motifs is 1. The van der Waals surface area contributed by atoms with E-state index in [1.165, 1.54) is 11.3 Å². The Kier molecular flexibility index (Phi) is 2.85. The van der Waals surface area contributed by atoms with Gasteiger partial charge in [0, 0.05) is 23.2 Å². The summed E-state index contributed by atoms with van der Waals surface area (Å²) in [4.78, 5) is 13.4. The smallest absolute Gasteiger partial charge is 0.224 e. The van der Waals surface area contributed by atoms with Crippen molar-refractivity contribution < 1.29 is 4.74 Å². The molecule has 0 aliphatic carbocycles. The molecule has 0 atom stereocenters. The van der Waals surface area contributed by atoms with E-state index in [4.69, 9.17) is 16.3 Å². The zero-order chi connectivity index (χ0) is 12.5. The predicted molar refractivity (Wildman–Crippen MR) is 72.2 cm³/mol. The van der Waals surface area contributed by atoms with Crippen LogP contribution in [0.2, 0.25) is 5.28 Å². The van der Waals surface area contributed by atoms with E-state index in [-0.39, 0.29) is 5.28 Å². The van der Waals surface area contributed by atoms with Crippen molar-refractivity contribution in [1.29, 1.82) is 0 Å². The maximum absolute atomic E-state index is 5.94. The minimum absolute atomic E-state index is 0.246. The molecule has 18 heavy (non-hydrogen) atoms. The van der Waals surface area contributed by atoms with E-state index in [2.05, 4.69) is 15.0 Å². The molecule has 3 aromatic rings. The van der Waals surface area contributed by atoms with E-state index in [9.17, 15) is 0 Å². The van der Waals surface area contributed by atoms with Crippen LogP contribution < -0.4 is 4.74 Å². The highest BCUT2D eigenvalue weighted by Gasteiger charge is 2.10. The van der Waals surface area contributed by atoms with Gasteiger partial charge in [0.1, 0.15) is 4.83 Å². The lowest BCUT2D eigenvalue weighted by Gasteiger charge is -2.04. The van der Waals surface area contributed by atoms with Crippen molar-refractivity contribution in [3.63, 3.8) is 0 Å². The molecule has 0 bridgehead atoms. The molecule has 6 heteroatoms. The average molecular weight is 278 g/mol. The predicted octanol–water partition coefficient (Wildman–Crippen LogP) is 3.42. The minimum atomic E-state index is 0.246. The zero-order valence-electron chi connectivity index (χ0n) is 9.42. The summed E-state index contributed by atoms with van der Waals surface area (Å²) in [5.74, 6) is 0.547. The molecule has 0 aromatic carbocycles. The highest BCUT2D eigenvalue weighted by molar-refractivity contribution is 7.16. The Morgan fingerprint density at radius 2 is 2.17 bits per heavy atom. The van der Waals surface area contributed by atoms with Crippen LogP contribution in [0.5, 0.6) is 5.88 Å². The Labute approximate surface area is 112 Å². The molecular weight excluding hydrogens is 270 g/mol. The number of hydrogen-bond donors (Lipinski definition) is 0. The second-order valence-corrected chi connectivity index (χ2v) is 4.80. The second-order valence-electron chi connectivity index (χ2n) is 3.57. The topological polar surface area (TPSA) is 47.9 Å². The van der Waals surface area contributed by atoms with Gasteiger partial charge in [-0.2, -0.15) is 0 Å². The van der Waals surface area contributed by atoms with Gasteiger partial charge in [0.15, 0.2) is 0 Å². The van der Waals surface area contributed by atoms with E-state index in [0.717, 1.165) is 21.5 Å². The number of nitrogens with zero attached hydrogens (tertiary/aromatic N) is 3. The van der Waals surface area contributed by atoms with Crippen LogP contribution in [0.25, 0.3) is 21.5 Å². The third kappa shape index (κ3) is 1.91. The van der Waals surface area contributed by atoms with Crippen molar-refractivity contribution in [3.05, 3.63) is 35.1 Å². The molecule has 0 saturated heterocycles. The first-order valence-electron chi connectivity index (χ1n) is 5.19. The summed E-state index contributed by atoms with van der Waals surface area (Å²) in [6.07, 6.45) is 1.68. The Hall–Kier alpha value is -1.72. The molecule has 0 fully saturated rings. The normalized spacial score (nSPS) is 10.8. The van der Waals surface area contributed by atoms with Gasteiger partial charge in [-0.15, -0.1) is 11.3 Å². The molecule has 0 amide bonds. The fourth-order valence-corrected chi connectivity index (χ4v) is 2.70. The van der Waals surface area contributed by atoms with Crippen LogP contribution in [0.4, 0.5) is 0 Å². The average Bonchev–Trinajstić information content (AvgIpc) is 2.85. The Morgan fingerprint density at radius 1 is 1.28 bits per heavy atom. The summed E-state index contributed by atoms with van der Waals surface area (Å²) in [5, 5.41) is 3.20. The maximum atomic E-state index is 5.94. The molecule has 0 aliphatic heterocycles. The van der Waals surface area contributed by atoms with Crippen LogP contribution in [0.3, 0.4) is 0 Å². The van der Waals surface area contributed by atoms with Gasteiger partial charge in [0.25, 0.3) is 0 Å². The number of ether oxygens (including phenoxy) is 1. The molecule has 0 N–H and O–H groups in total. The molecular formula is C12H8ClN3OS. The molecule has 0 aliphatic rings. The number of rotatable bonds is 2. The van der Waals surface area contributed by atoms with Crippen molar-refractivity contribution in [3.8, 4) is 17.1 Å². The van der Waals surface area contributed by atoms with Crippen LogP contribution >= 0.6 is 22.9 Å². The fourth-order valence-electron chi connectivity index (χ4n) is 1.72. The highest BCUT2D eigenvalue weighted by atomic mass is 35.5. The molecule has 0 radical (unpaired) electrons. The molecule has 3 aromatic heterocycles. The zero-order valence-corrected chi connectivity index (χ0v) is 11.0. The summed E-state index contributed by atoms with van der Waals surface area (Å²) >= 11 is 7.48. The highest BCUT2D eigenvalue weighted by Crippen LogP contribution is 2.31. The second kappa shape index (κ2) is 4.51. The lowest BCUT2D eigenvalue weighted by Crippen LogP contribution is -1.91. The van der Waals surface area contributed by atoms with Crippen LogP contribution in [-0.4, -0.2) is 22.1 Å². The molecule has 0 saturated carbocycles. The number of methoxy groups -OCH3 is 1. The minimum Gasteiger partial charge on any atom is -0.481 e. The van der Waals surface area contributed by atoms with E-state index in [1.807, 2.05) is 23.6 Å². The Balaban J connectivity index is 2.26. The lowest BCUT2D eigenvalue weighted by molar-refractivity contribution is 0.398. The molecule has 3 rings (SSSR count). The monoisotopic (exact) mass is 277 g/mol. The lowest BCUT2D eigenvalue weighted by atomic mass is 10.1. The van der Waals surface area contributed by atoms with E-state index < -0.39 is 0 Å². The summed E-state index contributed by atoms with van der Waals surface area (Å²) in [6.45, 7) is 0. The first-order valence-corrected chi connectivity index (χ1v) is 6.45. The van der Waals surface area contributed by atoms with Gasteiger partial charge in [-0.25, -0.2) is 15.0 Å². The van der Waals surface area contributed by atoms with Crippen molar-refractivity contribution in [2.24, 2.45) is 0 Å². The SMILES string of the molecule is COc1cc(-c2nc(Cl)nc3sccc23)ccn1.